The smallest absolute Gasteiger partial charge is 0.274 e. The summed E-state index contributed by atoms with van der Waals surface area (Å²) in [6.07, 6.45) is 6.50. The van der Waals surface area contributed by atoms with Crippen LogP contribution in [0.2, 0.25) is 0 Å². The zero-order valence-corrected chi connectivity index (χ0v) is 16.0. The Morgan fingerprint density at radius 2 is 1.93 bits per heavy atom. The SMILES string of the molecule is Cn1nc(CC(=O)NCC2CCCN3CCCCC23)c2ccccc2c1=O. The summed E-state index contributed by atoms with van der Waals surface area (Å²) in [6.45, 7) is 3.16. The number of rotatable bonds is 4. The van der Waals surface area contributed by atoms with Gasteiger partial charge in [0, 0.05) is 25.0 Å². The molecule has 1 amide bonds. The minimum atomic E-state index is -0.130. The molecule has 2 fully saturated rings. The number of piperidine rings is 2. The van der Waals surface area contributed by atoms with E-state index in [4.69, 9.17) is 0 Å². The van der Waals surface area contributed by atoms with Gasteiger partial charge in [-0.15, -0.1) is 0 Å². The first-order valence-corrected chi connectivity index (χ1v) is 10.1. The highest BCUT2D eigenvalue weighted by Gasteiger charge is 2.32. The van der Waals surface area contributed by atoms with Crippen molar-refractivity contribution in [1.82, 2.24) is 20.0 Å². The zero-order chi connectivity index (χ0) is 18.8. The quantitative estimate of drug-likeness (QED) is 0.894. The van der Waals surface area contributed by atoms with Gasteiger partial charge < -0.3 is 10.2 Å². The average molecular weight is 368 g/mol. The van der Waals surface area contributed by atoms with E-state index in [1.165, 1.54) is 49.9 Å². The van der Waals surface area contributed by atoms with Gasteiger partial charge in [0.15, 0.2) is 0 Å². The van der Waals surface area contributed by atoms with Crippen molar-refractivity contribution in [2.45, 2.75) is 44.6 Å². The summed E-state index contributed by atoms with van der Waals surface area (Å²) in [4.78, 5) is 27.4. The van der Waals surface area contributed by atoms with Gasteiger partial charge in [0.2, 0.25) is 5.91 Å². The van der Waals surface area contributed by atoms with Gasteiger partial charge in [0.1, 0.15) is 0 Å². The van der Waals surface area contributed by atoms with Crippen LogP contribution in [0.4, 0.5) is 0 Å². The molecule has 2 saturated heterocycles. The van der Waals surface area contributed by atoms with E-state index in [0.717, 1.165) is 11.9 Å². The van der Waals surface area contributed by atoms with E-state index in [9.17, 15) is 9.59 Å². The summed E-state index contributed by atoms with van der Waals surface area (Å²) >= 11 is 0. The molecule has 0 bridgehead atoms. The number of carbonyl (C=O) groups is 1. The second-order valence-corrected chi connectivity index (χ2v) is 7.90. The van der Waals surface area contributed by atoms with Crippen LogP contribution in [-0.4, -0.2) is 46.3 Å². The monoisotopic (exact) mass is 368 g/mol. The van der Waals surface area contributed by atoms with Crippen molar-refractivity contribution in [3.8, 4) is 0 Å². The molecule has 0 spiro atoms. The van der Waals surface area contributed by atoms with Crippen LogP contribution >= 0.6 is 0 Å². The Hall–Kier alpha value is -2.21. The molecular formula is C21H28N4O2. The Balaban J connectivity index is 1.43. The number of carbonyl (C=O) groups excluding carboxylic acids is 1. The van der Waals surface area contributed by atoms with Crippen LogP contribution in [0.5, 0.6) is 0 Å². The highest BCUT2D eigenvalue weighted by molar-refractivity contribution is 5.88. The Morgan fingerprint density at radius 3 is 2.78 bits per heavy atom. The van der Waals surface area contributed by atoms with Gasteiger partial charge >= 0.3 is 0 Å². The third-order valence-corrected chi connectivity index (χ3v) is 6.15. The molecule has 27 heavy (non-hydrogen) atoms. The van der Waals surface area contributed by atoms with Crippen molar-refractivity contribution < 1.29 is 4.79 Å². The Morgan fingerprint density at radius 1 is 1.15 bits per heavy atom. The molecule has 6 heteroatoms. The van der Waals surface area contributed by atoms with Gasteiger partial charge in [-0.1, -0.05) is 24.6 Å². The summed E-state index contributed by atoms with van der Waals surface area (Å²) in [5, 5.41) is 8.86. The number of aromatic nitrogens is 2. The number of hydrogen-bond donors (Lipinski definition) is 1. The largest absolute Gasteiger partial charge is 0.355 e. The number of amides is 1. The molecule has 144 valence electrons. The van der Waals surface area contributed by atoms with Crippen molar-refractivity contribution >= 4 is 16.7 Å². The third-order valence-electron chi connectivity index (χ3n) is 6.15. The summed E-state index contributed by atoms with van der Waals surface area (Å²) < 4.78 is 1.33. The molecule has 2 atom stereocenters. The number of nitrogens with one attached hydrogen (secondary N) is 1. The molecule has 2 unspecified atom stereocenters. The van der Waals surface area contributed by atoms with Crippen molar-refractivity contribution in [3.63, 3.8) is 0 Å². The second kappa shape index (κ2) is 7.80. The topological polar surface area (TPSA) is 67.2 Å². The fourth-order valence-corrected chi connectivity index (χ4v) is 4.78. The molecule has 0 aliphatic carbocycles. The second-order valence-electron chi connectivity index (χ2n) is 7.90. The lowest BCUT2D eigenvalue weighted by molar-refractivity contribution is -0.120. The van der Waals surface area contributed by atoms with Crippen LogP contribution in [-0.2, 0) is 18.3 Å². The Labute approximate surface area is 159 Å². The molecule has 2 aromatic rings. The van der Waals surface area contributed by atoms with Crippen LogP contribution in [0.3, 0.4) is 0 Å². The molecule has 1 N–H and O–H groups in total. The van der Waals surface area contributed by atoms with E-state index >= 15 is 0 Å². The summed E-state index contributed by atoms with van der Waals surface area (Å²) in [7, 11) is 1.63. The maximum absolute atomic E-state index is 12.6. The van der Waals surface area contributed by atoms with E-state index in [1.54, 1.807) is 13.1 Å². The van der Waals surface area contributed by atoms with Crippen molar-refractivity contribution in [2.75, 3.05) is 19.6 Å². The molecule has 1 aromatic carbocycles. The molecule has 2 aliphatic heterocycles. The molecule has 0 saturated carbocycles. The zero-order valence-electron chi connectivity index (χ0n) is 16.0. The standard InChI is InChI=1S/C21H28N4O2/c1-24-21(27)17-9-3-2-8-16(17)18(23-24)13-20(26)22-14-15-7-6-12-25-11-5-4-10-19(15)25/h2-3,8-9,15,19H,4-7,10-14H2,1H3,(H,22,26). The lowest BCUT2D eigenvalue weighted by Gasteiger charge is -2.44. The van der Waals surface area contributed by atoms with Gasteiger partial charge in [-0.05, 0) is 50.8 Å². The van der Waals surface area contributed by atoms with Gasteiger partial charge in [-0.2, -0.15) is 5.10 Å². The lowest BCUT2D eigenvalue weighted by Crippen LogP contribution is -2.51. The van der Waals surface area contributed by atoms with Crippen LogP contribution < -0.4 is 10.9 Å². The minimum Gasteiger partial charge on any atom is -0.355 e. The number of fused-ring (bicyclic) bond motifs is 2. The van der Waals surface area contributed by atoms with Crippen LogP contribution in [0.15, 0.2) is 29.1 Å². The van der Waals surface area contributed by atoms with Gasteiger partial charge in [-0.3, -0.25) is 9.59 Å². The molecule has 6 nitrogen and oxygen atoms in total. The molecule has 4 rings (SSSR count). The first kappa shape index (κ1) is 18.2. The van der Waals surface area contributed by atoms with E-state index in [2.05, 4.69) is 15.3 Å². The van der Waals surface area contributed by atoms with Crippen LogP contribution in [0.25, 0.3) is 10.8 Å². The van der Waals surface area contributed by atoms with Crippen LogP contribution in [0.1, 0.15) is 37.8 Å². The van der Waals surface area contributed by atoms with E-state index in [1.807, 2.05) is 18.2 Å². The predicted octanol–water partition coefficient (Wildman–Crippen LogP) is 1.86. The molecular weight excluding hydrogens is 340 g/mol. The molecule has 1 aromatic heterocycles. The number of nitrogens with zero attached hydrogens (tertiary/aromatic N) is 3. The average Bonchev–Trinajstić information content (AvgIpc) is 2.70. The van der Waals surface area contributed by atoms with Crippen molar-refractivity contribution in [1.29, 1.82) is 0 Å². The summed E-state index contributed by atoms with van der Waals surface area (Å²) in [5.74, 6) is 0.534. The lowest BCUT2D eigenvalue weighted by atomic mass is 9.83. The number of benzene rings is 1. The Bertz CT molecular complexity index is 889. The maximum atomic E-state index is 12.6. The van der Waals surface area contributed by atoms with Gasteiger partial charge in [-0.25, -0.2) is 4.68 Å². The highest BCUT2D eigenvalue weighted by Crippen LogP contribution is 2.30. The van der Waals surface area contributed by atoms with E-state index < -0.39 is 0 Å². The fraction of sp³-hybridized carbons (Fsp3) is 0.571. The first-order chi connectivity index (χ1) is 13.1. The van der Waals surface area contributed by atoms with Crippen molar-refractivity contribution in [3.05, 3.63) is 40.3 Å². The highest BCUT2D eigenvalue weighted by atomic mass is 16.1. The van der Waals surface area contributed by atoms with Gasteiger partial charge in [0.05, 0.1) is 17.5 Å². The number of hydrogen-bond acceptors (Lipinski definition) is 4. The third kappa shape index (κ3) is 3.76. The van der Waals surface area contributed by atoms with E-state index in [0.29, 0.717) is 23.0 Å². The summed E-state index contributed by atoms with van der Waals surface area (Å²) in [5.41, 5.74) is 0.530. The van der Waals surface area contributed by atoms with Crippen LogP contribution in [0, 0.1) is 5.92 Å². The maximum Gasteiger partial charge on any atom is 0.274 e. The predicted molar refractivity (Wildman–Crippen MR) is 106 cm³/mol. The Kier molecular flexibility index (Phi) is 5.25. The summed E-state index contributed by atoms with van der Waals surface area (Å²) in [6, 6.07) is 8.01. The van der Waals surface area contributed by atoms with Crippen molar-refractivity contribution in [2.24, 2.45) is 13.0 Å². The normalized spacial score (nSPS) is 23.1. The minimum absolute atomic E-state index is 0.0146. The number of aryl methyl sites for hydroxylation is 1. The first-order valence-electron chi connectivity index (χ1n) is 10.1. The molecule has 0 radical (unpaired) electrons. The van der Waals surface area contributed by atoms with E-state index in [-0.39, 0.29) is 17.9 Å². The van der Waals surface area contributed by atoms with Gasteiger partial charge in [0.25, 0.3) is 5.56 Å². The molecule has 3 heterocycles. The molecule has 2 aliphatic rings. The fourth-order valence-electron chi connectivity index (χ4n) is 4.78.